The summed E-state index contributed by atoms with van der Waals surface area (Å²) in [5.74, 6) is 0.158. The Balaban J connectivity index is 2.34. The van der Waals surface area contributed by atoms with Crippen molar-refractivity contribution in [2.75, 3.05) is 7.11 Å². The van der Waals surface area contributed by atoms with E-state index in [4.69, 9.17) is 4.74 Å². The van der Waals surface area contributed by atoms with E-state index in [2.05, 4.69) is 4.98 Å². The van der Waals surface area contributed by atoms with Gasteiger partial charge in [-0.2, -0.15) is 18.2 Å². The number of hydrogen-bond acceptors (Lipinski definition) is 4. The first kappa shape index (κ1) is 15.6. The third-order valence-corrected chi connectivity index (χ3v) is 2.72. The number of nitrogens with zero attached hydrogens (tertiary/aromatic N) is 1. The molecular formula is C14H11F3N2O3. The molecule has 2 aromatic rings. The summed E-state index contributed by atoms with van der Waals surface area (Å²) in [5.41, 5.74) is -1.83. The fourth-order valence-corrected chi connectivity index (χ4v) is 1.69. The Morgan fingerprint density at radius 3 is 2.64 bits per heavy atom. The van der Waals surface area contributed by atoms with E-state index < -0.39 is 17.6 Å². The minimum atomic E-state index is -4.66. The molecule has 8 heteroatoms. The average Bonchev–Trinajstić information content (AvgIpc) is 2.45. The van der Waals surface area contributed by atoms with E-state index in [1.807, 2.05) is 0 Å². The van der Waals surface area contributed by atoms with Crippen molar-refractivity contribution in [2.45, 2.75) is 6.18 Å². The number of methoxy groups -OCH3 is 1. The van der Waals surface area contributed by atoms with Crippen LogP contribution >= 0.6 is 0 Å². The Labute approximate surface area is 122 Å². The normalized spacial score (nSPS) is 11.8. The smallest absolute Gasteiger partial charge is 0.431 e. The summed E-state index contributed by atoms with van der Waals surface area (Å²) in [4.78, 5) is 16.2. The van der Waals surface area contributed by atoms with Gasteiger partial charge in [0.15, 0.2) is 11.5 Å². The number of H-pyrrole nitrogens is 1. The summed E-state index contributed by atoms with van der Waals surface area (Å²) in [6.45, 7) is 0. The van der Waals surface area contributed by atoms with E-state index in [1.165, 1.54) is 37.5 Å². The molecule has 5 nitrogen and oxygen atoms in total. The molecule has 2 rings (SSSR count). The maximum atomic E-state index is 12.6. The first-order valence-corrected chi connectivity index (χ1v) is 6.03. The van der Waals surface area contributed by atoms with Crippen molar-refractivity contribution in [3.05, 3.63) is 51.7 Å². The monoisotopic (exact) mass is 312 g/mol. The van der Waals surface area contributed by atoms with Crippen molar-refractivity contribution in [2.24, 2.45) is 0 Å². The molecule has 0 bridgehead atoms. The van der Waals surface area contributed by atoms with E-state index in [1.54, 1.807) is 4.98 Å². The van der Waals surface area contributed by atoms with Gasteiger partial charge in [0, 0.05) is 0 Å². The SMILES string of the molecule is COc1cc(/C=C\c2cc(C(F)(F)F)[nH]c(=O)n2)ccc1O. The molecule has 1 aromatic carbocycles. The molecule has 0 fully saturated rings. The van der Waals surface area contributed by atoms with Crippen LogP contribution in [-0.4, -0.2) is 22.2 Å². The predicted octanol–water partition coefficient (Wildman–Crippen LogP) is 2.67. The fourth-order valence-electron chi connectivity index (χ4n) is 1.69. The molecule has 0 saturated heterocycles. The number of halogens is 3. The van der Waals surface area contributed by atoms with Crippen LogP contribution in [0, 0.1) is 0 Å². The zero-order chi connectivity index (χ0) is 16.3. The Kier molecular flexibility index (Phi) is 4.20. The highest BCUT2D eigenvalue weighted by Gasteiger charge is 2.32. The number of phenols is 1. The summed E-state index contributed by atoms with van der Waals surface area (Å²) < 4.78 is 42.7. The van der Waals surface area contributed by atoms with E-state index >= 15 is 0 Å². The van der Waals surface area contributed by atoms with Crippen molar-refractivity contribution in [1.29, 1.82) is 0 Å². The highest BCUT2D eigenvalue weighted by molar-refractivity contribution is 5.69. The van der Waals surface area contributed by atoms with Crippen LogP contribution in [0.1, 0.15) is 17.0 Å². The Morgan fingerprint density at radius 1 is 1.27 bits per heavy atom. The molecule has 0 aliphatic rings. The highest BCUT2D eigenvalue weighted by Crippen LogP contribution is 2.28. The summed E-state index contributed by atoms with van der Waals surface area (Å²) >= 11 is 0. The van der Waals surface area contributed by atoms with Crippen molar-refractivity contribution < 1.29 is 23.0 Å². The first-order valence-electron chi connectivity index (χ1n) is 6.03. The van der Waals surface area contributed by atoms with Crippen LogP contribution < -0.4 is 10.4 Å². The fraction of sp³-hybridized carbons (Fsp3) is 0.143. The molecule has 0 atom stereocenters. The summed E-state index contributed by atoms with van der Waals surface area (Å²) in [7, 11) is 1.37. The Hall–Kier alpha value is -2.77. The van der Waals surface area contributed by atoms with E-state index in [0.717, 1.165) is 6.07 Å². The molecule has 0 saturated carbocycles. The Bertz CT molecular complexity index is 767. The van der Waals surface area contributed by atoms with Crippen LogP contribution in [0.3, 0.4) is 0 Å². The topological polar surface area (TPSA) is 75.2 Å². The number of aromatic hydroxyl groups is 1. The molecule has 1 heterocycles. The molecule has 2 N–H and O–H groups in total. The highest BCUT2D eigenvalue weighted by atomic mass is 19.4. The number of benzene rings is 1. The van der Waals surface area contributed by atoms with Crippen molar-refractivity contribution in [1.82, 2.24) is 9.97 Å². The number of hydrogen-bond donors (Lipinski definition) is 2. The van der Waals surface area contributed by atoms with E-state index in [9.17, 15) is 23.1 Å². The van der Waals surface area contributed by atoms with Crippen LogP contribution in [0.4, 0.5) is 13.2 Å². The molecule has 0 spiro atoms. The van der Waals surface area contributed by atoms with Crippen LogP contribution in [0.5, 0.6) is 11.5 Å². The largest absolute Gasteiger partial charge is 0.504 e. The molecule has 0 amide bonds. The molecule has 1 aromatic heterocycles. The second-order valence-electron chi connectivity index (χ2n) is 4.29. The maximum Gasteiger partial charge on any atom is 0.431 e. The summed E-state index contributed by atoms with van der Waals surface area (Å²) in [6.07, 6.45) is -1.95. The lowest BCUT2D eigenvalue weighted by molar-refractivity contribution is -0.141. The van der Waals surface area contributed by atoms with Crippen molar-refractivity contribution >= 4 is 12.2 Å². The summed E-state index contributed by atoms with van der Waals surface area (Å²) in [6, 6.07) is 5.14. The number of alkyl halides is 3. The third-order valence-electron chi connectivity index (χ3n) is 2.72. The molecular weight excluding hydrogens is 301 g/mol. The number of nitrogens with one attached hydrogen (secondary N) is 1. The van der Waals surface area contributed by atoms with Gasteiger partial charge >= 0.3 is 11.9 Å². The zero-order valence-corrected chi connectivity index (χ0v) is 11.3. The van der Waals surface area contributed by atoms with Crippen LogP contribution in [0.2, 0.25) is 0 Å². The van der Waals surface area contributed by atoms with Gasteiger partial charge < -0.3 is 14.8 Å². The molecule has 22 heavy (non-hydrogen) atoms. The van der Waals surface area contributed by atoms with Crippen LogP contribution in [0.15, 0.2) is 29.1 Å². The number of aromatic amines is 1. The number of aromatic nitrogens is 2. The lowest BCUT2D eigenvalue weighted by Crippen LogP contribution is -2.19. The molecule has 116 valence electrons. The van der Waals surface area contributed by atoms with E-state index in [0.29, 0.717) is 5.56 Å². The first-order chi connectivity index (χ1) is 10.3. The van der Waals surface area contributed by atoms with Gasteiger partial charge in [-0.15, -0.1) is 0 Å². The second kappa shape index (κ2) is 5.92. The van der Waals surface area contributed by atoms with Crippen LogP contribution in [0.25, 0.3) is 12.2 Å². The minimum Gasteiger partial charge on any atom is -0.504 e. The number of ether oxygens (including phenoxy) is 1. The van der Waals surface area contributed by atoms with Gasteiger partial charge in [0.2, 0.25) is 0 Å². The lowest BCUT2D eigenvalue weighted by atomic mass is 10.1. The van der Waals surface area contributed by atoms with Gasteiger partial charge in [-0.05, 0) is 29.8 Å². The van der Waals surface area contributed by atoms with Crippen molar-refractivity contribution in [3.63, 3.8) is 0 Å². The maximum absolute atomic E-state index is 12.6. The van der Waals surface area contributed by atoms with Gasteiger partial charge in [0.1, 0.15) is 5.69 Å². The molecule has 0 aliphatic heterocycles. The van der Waals surface area contributed by atoms with Gasteiger partial charge in [-0.25, -0.2) is 4.79 Å². The van der Waals surface area contributed by atoms with Crippen LogP contribution in [-0.2, 0) is 6.18 Å². The molecule has 0 unspecified atom stereocenters. The number of phenolic OH excluding ortho intramolecular Hbond substituents is 1. The zero-order valence-electron chi connectivity index (χ0n) is 11.3. The molecule has 0 aliphatic carbocycles. The standard InChI is InChI=1S/C14H11F3N2O3/c1-22-11-6-8(3-5-10(11)20)2-4-9-7-12(14(15,16)17)19-13(21)18-9/h2-7,20H,1H3,(H,18,19,21)/b4-2-. The van der Waals surface area contributed by atoms with Gasteiger partial charge in [0.05, 0.1) is 12.8 Å². The number of rotatable bonds is 3. The predicted molar refractivity (Wildman–Crippen MR) is 73.4 cm³/mol. The minimum absolute atomic E-state index is 0.0618. The average molecular weight is 312 g/mol. The Morgan fingerprint density at radius 2 is 2.00 bits per heavy atom. The van der Waals surface area contributed by atoms with Gasteiger partial charge in [0.25, 0.3) is 0 Å². The van der Waals surface area contributed by atoms with Crippen molar-refractivity contribution in [3.8, 4) is 11.5 Å². The molecule has 0 radical (unpaired) electrons. The third kappa shape index (κ3) is 3.66. The summed E-state index contributed by atoms with van der Waals surface area (Å²) in [5, 5.41) is 9.45. The van der Waals surface area contributed by atoms with Gasteiger partial charge in [-0.3, -0.25) is 0 Å². The lowest BCUT2D eigenvalue weighted by Gasteiger charge is -2.06. The second-order valence-corrected chi connectivity index (χ2v) is 4.29. The van der Waals surface area contributed by atoms with E-state index in [-0.39, 0.29) is 17.2 Å². The van der Waals surface area contributed by atoms with Gasteiger partial charge in [-0.1, -0.05) is 12.1 Å². The quantitative estimate of drug-likeness (QED) is 0.913.